The van der Waals surface area contributed by atoms with Crippen LogP contribution in [0, 0.1) is 5.82 Å². The van der Waals surface area contributed by atoms with E-state index in [0.29, 0.717) is 0 Å². The lowest BCUT2D eigenvalue weighted by Gasteiger charge is -2.02. The van der Waals surface area contributed by atoms with Gasteiger partial charge in [-0.1, -0.05) is 0 Å². The molecule has 0 saturated heterocycles. The number of benzene rings is 1. The minimum absolute atomic E-state index is 0.0138. The van der Waals surface area contributed by atoms with E-state index in [9.17, 15) is 12.8 Å². The van der Waals surface area contributed by atoms with Crippen LogP contribution in [0.2, 0.25) is 0 Å². The average Bonchev–Trinajstić information content (AvgIpc) is 2.02. The molecule has 13 heavy (non-hydrogen) atoms. The van der Waals surface area contributed by atoms with Crippen LogP contribution in [-0.4, -0.2) is 15.5 Å². The minimum Gasteiger partial charge on any atom is -0.494 e. The lowest BCUT2D eigenvalue weighted by atomic mass is 10.3. The molecule has 0 aromatic heterocycles. The van der Waals surface area contributed by atoms with Gasteiger partial charge in [-0.15, -0.1) is 0 Å². The number of ether oxygens (including phenoxy) is 1. The molecule has 1 aromatic carbocycles. The summed E-state index contributed by atoms with van der Waals surface area (Å²) in [4.78, 5) is -0.134. The van der Waals surface area contributed by atoms with Crippen molar-refractivity contribution in [1.82, 2.24) is 0 Å². The molecule has 0 fully saturated rings. The molecular formula is C7H6BrFO3S. The number of hydrogen-bond acceptors (Lipinski definition) is 3. The van der Waals surface area contributed by atoms with Gasteiger partial charge in [0.1, 0.15) is 0 Å². The third kappa shape index (κ3) is 2.41. The van der Waals surface area contributed by atoms with E-state index in [2.05, 4.69) is 19.5 Å². The van der Waals surface area contributed by atoms with Gasteiger partial charge in [0.2, 0.25) is 8.27 Å². The Morgan fingerprint density at radius 1 is 1.46 bits per heavy atom. The fourth-order valence-electron chi connectivity index (χ4n) is 0.799. The van der Waals surface area contributed by atoms with E-state index in [0.717, 1.165) is 6.07 Å². The van der Waals surface area contributed by atoms with E-state index in [1.54, 1.807) is 0 Å². The van der Waals surface area contributed by atoms with E-state index >= 15 is 0 Å². The summed E-state index contributed by atoms with van der Waals surface area (Å²) < 4.78 is 39.4. The van der Waals surface area contributed by atoms with Crippen LogP contribution in [0.4, 0.5) is 4.39 Å². The Bertz CT molecular complexity index is 416. The molecule has 0 radical (unpaired) electrons. The first-order valence-electron chi connectivity index (χ1n) is 3.23. The molecule has 1 rings (SSSR count). The Morgan fingerprint density at radius 2 is 2.08 bits per heavy atom. The molecule has 3 nitrogen and oxygen atoms in total. The third-order valence-electron chi connectivity index (χ3n) is 1.40. The van der Waals surface area contributed by atoms with Gasteiger partial charge in [0, 0.05) is 0 Å². The molecule has 0 aliphatic rings. The van der Waals surface area contributed by atoms with Crippen LogP contribution >= 0.6 is 14.8 Å². The lowest BCUT2D eigenvalue weighted by Crippen LogP contribution is -1.93. The fraction of sp³-hybridized carbons (Fsp3) is 0.143. The normalized spacial score (nSPS) is 11.3. The predicted octanol–water partition coefficient (Wildman–Crippen LogP) is 1.92. The van der Waals surface area contributed by atoms with Crippen molar-refractivity contribution < 1.29 is 17.5 Å². The molecule has 1 aromatic rings. The summed E-state index contributed by atoms with van der Waals surface area (Å²) in [5, 5.41) is 0. The van der Waals surface area contributed by atoms with Gasteiger partial charge in [-0.05, 0) is 18.2 Å². The van der Waals surface area contributed by atoms with Crippen molar-refractivity contribution >= 4 is 23.1 Å². The molecule has 0 bridgehead atoms. The molecule has 0 atom stereocenters. The fourth-order valence-corrected chi connectivity index (χ4v) is 1.88. The Labute approximate surface area is 82.6 Å². The predicted molar refractivity (Wildman–Crippen MR) is 49.1 cm³/mol. The third-order valence-corrected chi connectivity index (χ3v) is 3.34. The highest BCUT2D eigenvalue weighted by molar-refractivity contribution is 9.47. The van der Waals surface area contributed by atoms with Crippen molar-refractivity contribution in [3.8, 4) is 5.75 Å². The molecule has 0 aliphatic carbocycles. The van der Waals surface area contributed by atoms with Crippen LogP contribution in [0.3, 0.4) is 0 Å². The van der Waals surface area contributed by atoms with Gasteiger partial charge in [0.05, 0.1) is 26.8 Å². The van der Waals surface area contributed by atoms with E-state index in [4.69, 9.17) is 0 Å². The molecule has 0 aliphatic heterocycles. The summed E-state index contributed by atoms with van der Waals surface area (Å²) in [7, 11) is -2.23. The number of rotatable bonds is 2. The maximum absolute atomic E-state index is 13.0. The highest BCUT2D eigenvalue weighted by Crippen LogP contribution is 2.23. The highest BCUT2D eigenvalue weighted by Gasteiger charge is 2.12. The van der Waals surface area contributed by atoms with Crippen LogP contribution in [0.15, 0.2) is 23.1 Å². The molecule has 0 amide bonds. The van der Waals surface area contributed by atoms with Gasteiger partial charge >= 0.3 is 0 Å². The van der Waals surface area contributed by atoms with Gasteiger partial charge < -0.3 is 4.74 Å². The smallest absolute Gasteiger partial charge is 0.237 e. The molecule has 0 saturated carbocycles. The molecule has 0 heterocycles. The van der Waals surface area contributed by atoms with Crippen LogP contribution in [0.5, 0.6) is 5.75 Å². The minimum atomic E-state index is -3.53. The number of methoxy groups -OCH3 is 1. The Kier molecular flexibility index (Phi) is 2.92. The van der Waals surface area contributed by atoms with E-state index in [1.807, 2.05) is 0 Å². The van der Waals surface area contributed by atoms with E-state index in [-0.39, 0.29) is 10.6 Å². The Morgan fingerprint density at radius 3 is 2.46 bits per heavy atom. The summed E-state index contributed by atoms with van der Waals surface area (Å²) in [5.74, 6) is -0.692. The summed E-state index contributed by atoms with van der Waals surface area (Å²) in [6.07, 6.45) is 0. The standard InChI is InChI=1S/C7H6BrFO3S/c1-12-7-3-2-5(4-6(7)9)13(8,10)11/h2-4H,1H3. The summed E-state index contributed by atoms with van der Waals surface area (Å²) in [5.41, 5.74) is 0. The van der Waals surface area contributed by atoms with Crippen molar-refractivity contribution in [2.24, 2.45) is 0 Å². The molecule has 0 spiro atoms. The summed E-state index contributed by atoms with van der Waals surface area (Å²) >= 11 is 2.43. The maximum Gasteiger partial charge on any atom is 0.237 e. The average molecular weight is 269 g/mol. The van der Waals surface area contributed by atoms with Gasteiger partial charge in [-0.25, -0.2) is 12.8 Å². The van der Waals surface area contributed by atoms with Crippen LogP contribution < -0.4 is 4.74 Å². The largest absolute Gasteiger partial charge is 0.494 e. The van der Waals surface area contributed by atoms with Crippen molar-refractivity contribution in [2.45, 2.75) is 4.90 Å². The zero-order valence-corrected chi connectivity index (χ0v) is 9.02. The Balaban J connectivity index is 3.26. The number of halogens is 2. The second-order valence-electron chi connectivity index (χ2n) is 2.23. The first-order chi connectivity index (χ1) is 5.95. The van der Waals surface area contributed by atoms with Gasteiger partial charge in [-0.3, -0.25) is 0 Å². The lowest BCUT2D eigenvalue weighted by molar-refractivity contribution is 0.385. The summed E-state index contributed by atoms with van der Waals surface area (Å²) in [6.45, 7) is 0. The molecular weight excluding hydrogens is 263 g/mol. The van der Waals surface area contributed by atoms with Gasteiger partial charge in [0.25, 0.3) is 0 Å². The maximum atomic E-state index is 13.0. The zero-order chi connectivity index (χ0) is 10.1. The molecule has 6 heteroatoms. The van der Waals surface area contributed by atoms with Crippen molar-refractivity contribution in [3.05, 3.63) is 24.0 Å². The van der Waals surface area contributed by atoms with Crippen molar-refractivity contribution in [1.29, 1.82) is 0 Å². The highest BCUT2D eigenvalue weighted by atomic mass is 79.9. The SMILES string of the molecule is COc1ccc(S(=O)(=O)Br)cc1F. The van der Waals surface area contributed by atoms with Gasteiger partial charge in [-0.2, -0.15) is 0 Å². The molecule has 0 N–H and O–H groups in total. The Hall–Kier alpha value is -0.620. The van der Waals surface area contributed by atoms with Crippen LogP contribution in [0.1, 0.15) is 0 Å². The van der Waals surface area contributed by atoms with Gasteiger partial charge in [0.15, 0.2) is 11.6 Å². The van der Waals surface area contributed by atoms with Crippen molar-refractivity contribution in [2.75, 3.05) is 7.11 Å². The van der Waals surface area contributed by atoms with Crippen LogP contribution in [-0.2, 0) is 8.27 Å². The second-order valence-corrected chi connectivity index (χ2v) is 6.14. The quantitative estimate of drug-likeness (QED) is 0.770. The topological polar surface area (TPSA) is 43.4 Å². The van der Waals surface area contributed by atoms with Crippen LogP contribution in [0.25, 0.3) is 0 Å². The summed E-state index contributed by atoms with van der Waals surface area (Å²) in [6, 6.07) is 3.40. The van der Waals surface area contributed by atoms with E-state index < -0.39 is 14.1 Å². The number of hydrogen-bond donors (Lipinski definition) is 0. The monoisotopic (exact) mass is 268 g/mol. The molecule has 0 unspecified atom stereocenters. The first-order valence-corrected chi connectivity index (χ1v) is 6.56. The molecule has 72 valence electrons. The van der Waals surface area contributed by atoms with Crippen molar-refractivity contribution in [3.63, 3.8) is 0 Å². The van der Waals surface area contributed by atoms with E-state index in [1.165, 1.54) is 19.2 Å². The zero-order valence-electron chi connectivity index (χ0n) is 6.62. The second kappa shape index (κ2) is 3.63. The first kappa shape index (κ1) is 10.5.